The smallest absolute Gasteiger partial charge is 0.282 e. The standard InChI is InChI=1S/C12H15ClN4OS2/c1-2-6-15-12-17-16-11(20-12)10(18)14-7-5-8-3-4-9(13)19-8/h3-4H,2,5-7H2,1H3,(H,14,18)(H,15,17). The second-order valence-electron chi connectivity index (χ2n) is 4.05. The molecule has 2 N–H and O–H groups in total. The van der Waals surface area contributed by atoms with E-state index < -0.39 is 0 Å². The summed E-state index contributed by atoms with van der Waals surface area (Å²) < 4.78 is 0.766. The Morgan fingerprint density at radius 3 is 2.85 bits per heavy atom. The molecule has 0 radical (unpaired) electrons. The summed E-state index contributed by atoms with van der Waals surface area (Å²) in [6.45, 7) is 3.46. The Labute approximate surface area is 130 Å². The molecule has 8 heteroatoms. The number of nitrogens with zero attached hydrogens (tertiary/aromatic N) is 2. The van der Waals surface area contributed by atoms with E-state index in [1.807, 2.05) is 12.1 Å². The Morgan fingerprint density at radius 2 is 2.15 bits per heavy atom. The number of halogens is 1. The predicted octanol–water partition coefficient (Wildman–Crippen LogP) is 3.05. The molecule has 0 aliphatic rings. The van der Waals surface area contributed by atoms with Crippen molar-refractivity contribution in [1.82, 2.24) is 15.5 Å². The quantitative estimate of drug-likeness (QED) is 0.818. The Kier molecular flexibility index (Phi) is 5.75. The lowest BCUT2D eigenvalue weighted by Crippen LogP contribution is -2.25. The second kappa shape index (κ2) is 7.56. The van der Waals surface area contributed by atoms with Crippen molar-refractivity contribution in [2.75, 3.05) is 18.4 Å². The molecule has 20 heavy (non-hydrogen) atoms. The van der Waals surface area contributed by atoms with Crippen LogP contribution < -0.4 is 10.6 Å². The van der Waals surface area contributed by atoms with E-state index in [4.69, 9.17) is 11.6 Å². The number of hydrogen-bond acceptors (Lipinski definition) is 6. The van der Waals surface area contributed by atoms with E-state index in [9.17, 15) is 4.79 Å². The zero-order chi connectivity index (χ0) is 14.4. The number of nitrogens with one attached hydrogen (secondary N) is 2. The SMILES string of the molecule is CCCNc1nnc(C(=O)NCCc2ccc(Cl)s2)s1. The monoisotopic (exact) mass is 330 g/mol. The van der Waals surface area contributed by atoms with Crippen LogP contribution in [0.25, 0.3) is 0 Å². The van der Waals surface area contributed by atoms with Gasteiger partial charge < -0.3 is 10.6 Å². The van der Waals surface area contributed by atoms with Gasteiger partial charge in [0.05, 0.1) is 4.34 Å². The molecule has 1 amide bonds. The van der Waals surface area contributed by atoms with Crippen molar-refractivity contribution in [2.45, 2.75) is 19.8 Å². The van der Waals surface area contributed by atoms with Gasteiger partial charge in [0, 0.05) is 18.0 Å². The molecule has 0 saturated heterocycles. The van der Waals surface area contributed by atoms with Crippen molar-refractivity contribution in [1.29, 1.82) is 0 Å². The summed E-state index contributed by atoms with van der Waals surface area (Å²) >= 11 is 8.64. The van der Waals surface area contributed by atoms with Crippen molar-refractivity contribution in [3.63, 3.8) is 0 Å². The maximum absolute atomic E-state index is 11.9. The van der Waals surface area contributed by atoms with Gasteiger partial charge in [-0.2, -0.15) is 0 Å². The molecule has 108 valence electrons. The van der Waals surface area contributed by atoms with Gasteiger partial charge in [0.15, 0.2) is 0 Å². The third kappa shape index (κ3) is 4.43. The molecule has 0 fully saturated rings. The molecule has 5 nitrogen and oxygen atoms in total. The molecule has 2 rings (SSSR count). The van der Waals surface area contributed by atoms with Crippen LogP contribution >= 0.6 is 34.3 Å². The zero-order valence-electron chi connectivity index (χ0n) is 11.0. The lowest BCUT2D eigenvalue weighted by Gasteiger charge is -2.00. The van der Waals surface area contributed by atoms with Gasteiger partial charge >= 0.3 is 0 Å². The lowest BCUT2D eigenvalue weighted by molar-refractivity contribution is 0.0953. The van der Waals surface area contributed by atoms with Crippen LogP contribution in [0.2, 0.25) is 4.34 Å². The van der Waals surface area contributed by atoms with Gasteiger partial charge in [-0.15, -0.1) is 21.5 Å². The third-order valence-electron chi connectivity index (χ3n) is 2.43. The number of hydrogen-bond donors (Lipinski definition) is 2. The Hall–Kier alpha value is -1.18. The highest BCUT2D eigenvalue weighted by atomic mass is 35.5. The Balaban J connectivity index is 1.78. The van der Waals surface area contributed by atoms with E-state index in [0.29, 0.717) is 16.7 Å². The van der Waals surface area contributed by atoms with Gasteiger partial charge in [0.2, 0.25) is 10.1 Å². The molecular weight excluding hydrogens is 316 g/mol. The van der Waals surface area contributed by atoms with Crippen LogP contribution in [0.1, 0.15) is 28.0 Å². The van der Waals surface area contributed by atoms with Gasteiger partial charge in [-0.25, -0.2) is 0 Å². The van der Waals surface area contributed by atoms with Gasteiger partial charge in [0.1, 0.15) is 0 Å². The highest BCUT2D eigenvalue weighted by molar-refractivity contribution is 7.17. The first-order valence-corrected chi connectivity index (χ1v) is 8.30. The topological polar surface area (TPSA) is 66.9 Å². The minimum Gasteiger partial charge on any atom is -0.360 e. The van der Waals surface area contributed by atoms with Crippen LogP contribution in [0.4, 0.5) is 5.13 Å². The van der Waals surface area contributed by atoms with Crippen molar-refractivity contribution in [3.05, 3.63) is 26.4 Å². The molecule has 0 aromatic carbocycles. The van der Waals surface area contributed by atoms with Crippen LogP contribution in [-0.2, 0) is 6.42 Å². The maximum atomic E-state index is 11.9. The van der Waals surface area contributed by atoms with Gasteiger partial charge in [-0.3, -0.25) is 4.79 Å². The summed E-state index contributed by atoms with van der Waals surface area (Å²) in [7, 11) is 0. The summed E-state index contributed by atoms with van der Waals surface area (Å²) in [5.41, 5.74) is 0. The number of rotatable bonds is 7. The van der Waals surface area contributed by atoms with Crippen LogP contribution in [0.3, 0.4) is 0 Å². The van der Waals surface area contributed by atoms with Gasteiger partial charge in [0.25, 0.3) is 5.91 Å². The van der Waals surface area contributed by atoms with Crippen LogP contribution in [0, 0.1) is 0 Å². The van der Waals surface area contributed by atoms with Crippen LogP contribution in [0.5, 0.6) is 0 Å². The molecule has 0 bridgehead atoms. The fourth-order valence-electron chi connectivity index (χ4n) is 1.48. The minimum atomic E-state index is -0.185. The molecule has 2 aromatic rings. The molecular formula is C12H15ClN4OS2. The van der Waals surface area contributed by atoms with E-state index in [2.05, 4.69) is 27.8 Å². The molecule has 0 spiro atoms. The van der Waals surface area contributed by atoms with Crippen molar-refractivity contribution in [2.24, 2.45) is 0 Å². The van der Waals surface area contributed by atoms with Crippen molar-refractivity contribution >= 4 is 45.3 Å². The number of carbonyl (C=O) groups excluding carboxylic acids is 1. The van der Waals surface area contributed by atoms with E-state index in [-0.39, 0.29) is 5.91 Å². The summed E-state index contributed by atoms with van der Waals surface area (Å²) in [6.07, 6.45) is 1.77. The minimum absolute atomic E-state index is 0.185. The zero-order valence-corrected chi connectivity index (χ0v) is 13.4. The van der Waals surface area contributed by atoms with Gasteiger partial charge in [-0.05, 0) is 25.0 Å². The van der Waals surface area contributed by atoms with E-state index >= 15 is 0 Å². The summed E-state index contributed by atoms with van der Waals surface area (Å²) in [4.78, 5) is 13.0. The molecule has 2 aromatic heterocycles. The number of thiophene rings is 1. The molecule has 0 unspecified atom stereocenters. The molecule has 0 atom stereocenters. The first kappa shape index (κ1) is 15.2. The number of carbonyl (C=O) groups is 1. The van der Waals surface area contributed by atoms with Gasteiger partial charge in [-0.1, -0.05) is 29.9 Å². The average molecular weight is 331 g/mol. The molecule has 2 heterocycles. The predicted molar refractivity (Wildman–Crippen MR) is 84.1 cm³/mol. The second-order valence-corrected chi connectivity index (χ2v) is 6.83. The van der Waals surface area contributed by atoms with Crippen molar-refractivity contribution in [3.8, 4) is 0 Å². The third-order valence-corrected chi connectivity index (χ3v) is 4.60. The average Bonchev–Trinajstić information content (AvgIpc) is 3.05. The fourth-order valence-corrected chi connectivity index (χ4v) is 3.25. The Bertz CT molecular complexity index is 569. The fraction of sp³-hybridized carbons (Fsp3) is 0.417. The van der Waals surface area contributed by atoms with Crippen molar-refractivity contribution < 1.29 is 4.79 Å². The van der Waals surface area contributed by atoms with Crippen LogP contribution in [0.15, 0.2) is 12.1 Å². The van der Waals surface area contributed by atoms with Crippen LogP contribution in [-0.4, -0.2) is 29.2 Å². The normalized spacial score (nSPS) is 10.5. The maximum Gasteiger partial charge on any atom is 0.282 e. The highest BCUT2D eigenvalue weighted by Gasteiger charge is 2.12. The van der Waals surface area contributed by atoms with E-state index in [1.165, 1.54) is 22.7 Å². The first-order chi connectivity index (χ1) is 9.69. The number of aromatic nitrogens is 2. The summed E-state index contributed by atoms with van der Waals surface area (Å²) in [6, 6.07) is 3.83. The number of amides is 1. The van der Waals surface area contributed by atoms with E-state index in [1.54, 1.807) is 0 Å². The number of anilines is 1. The van der Waals surface area contributed by atoms with E-state index in [0.717, 1.165) is 28.6 Å². The summed E-state index contributed by atoms with van der Waals surface area (Å²) in [5, 5.41) is 14.8. The molecule has 0 saturated carbocycles. The first-order valence-electron chi connectivity index (χ1n) is 6.29. The highest BCUT2D eigenvalue weighted by Crippen LogP contribution is 2.21. The summed E-state index contributed by atoms with van der Waals surface area (Å²) in [5.74, 6) is -0.185. The lowest BCUT2D eigenvalue weighted by atomic mass is 10.3. The molecule has 0 aliphatic carbocycles. The largest absolute Gasteiger partial charge is 0.360 e. The molecule has 0 aliphatic heterocycles. The Morgan fingerprint density at radius 1 is 1.30 bits per heavy atom.